The van der Waals surface area contributed by atoms with Crippen LogP contribution in [0, 0.1) is 13.8 Å². The van der Waals surface area contributed by atoms with Gasteiger partial charge < -0.3 is 14.8 Å². The number of sulfonamides is 1. The zero-order chi connectivity index (χ0) is 25.7. The lowest BCUT2D eigenvalue weighted by molar-refractivity contribution is -0.123. The van der Waals surface area contributed by atoms with Crippen LogP contribution in [-0.4, -0.2) is 45.6 Å². The van der Waals surface area contributed by atoms with Gasteiger partial charge in [0.1, 0.15) is 10.6 Å². The van der Waals surface area contributed by atoms with Gasteiger partial charge in [-0.2, -0.15) is 0 Å². The maximum Gasteiger partial charge on any atom is 0.338 e. The number of rotatable bonds is 7. The molecule has 0 aliphatic rings. The predicted molar refractivity (Wildman–Crippen MR) is 126 cm³/mol. The first-order valence-electron chi connectivity index (χ1n) is 10.3. The molecule has 3 amide bonds. The lowest BCUT2D eigenvalue weighted by Crippen LogP contribution is -2.40. The lowest BCUT2D eigenvalue weighted by Gasteiger charge is -2.21. The van der Waals surface area contributed by atoms with Crippen molar-refractivity contribution in [3.05, 3.63) is 53.1 Å². The van der Waals surface area contributed by atoms with Gasteiger partial charge in [-0.3, -0.25) is 10.1 Å². The minimum atomic E-state index is -4.01. The fourth-order valence-corrected chi connectivity index (χ4v) is 4.44. The van der Waals surface area contributed by atoms with E-state index in [1.165, 1.54) is 19.2 Å². The average molecular weight is 492 g/mol. The first-order valence-corrected chi connectivity index (χ1v) is 11.8. The van der Waals surface area contributed by atoms with Crippen LogP contribution < -0.4 is 20.1 Å². The summed E-state index contributed by atoms with van der Waals surface area (Å²) in [6.07, 6.45) is 0. The molecule has 0 heterocycles. The summed E-state index contributed by atoms with van der Waals surface area (Å²) in [7, 11) is -2.71. The third kappa shape index (κ3) is 7.56. The molecule has 184 valence electrons. The van der Waals surface area contributed by atoms with Crippen LogP contribution in [0.1, 0.15) is 42.3 Å². The zero-order valence-electron chi connectivity index (χ0n) is 19.9. The molecule has 0 saturated heterocycles. The van der Waals surface area contributed by atoms with Crippen LogP contribution in [0.15, 0.2) is 41.3 Å². The topological polar surface area (TPSA) is 140 Å². The second-order valence-corrected chi connectivity index (χ2v) is 10.2. The number of hydrogen-bond acceptors (Lipinski definition) is 7. The second kappa shape index (κ2) is 10.7. The van der Waals surface area contributed by atoms with E-state index in [-0.39, 0.29) is 16.2 Å². The van der Waals surface area contributed by atoms with Gasteiger partial charge in [0, 0.05) is 11.2 Å². The molecule has 2 rings (SSSR count). The number of carbonyl (C=O) groups excluding carboxylic acids is 3. The van der Waals surface area contributed by atoms with Gasteiger partial charge in [0.05, 0.1) is 12.7 Å². The van der Waals surface area contributed by atoms with Gasteiger partial charge in [0.2, 0.25) is 10.0 Å². The number of esters is 1. The normalized spacial score (nSPS) is 11.5. The van der Waals surface area contributed by atoms with Crippen molar-refractivity contribution in [2.75, 3.05) is 19.0 Å². The summed E-state index contributed by atoms with van der Waals surface area (Å²) in [6.45, 7) is 8.09. The lowest BCUT2D eigenvalue weighted by atomic mass is 10.1. The molecule has 0 radical (unpaired) electrons. The van der Waals surface area contributed by atoms with E-state index in [0.717, 1.165) is 17.2 Å². The van der Waals surface area contributed by atoms with Gasteiger partial charge in [-0.1, -0.05) is 6.07 Å². The molecule has 3 N–H and O–H groups in total. The predicted octanol–water partition coefficient (Wildman–Crippen LogP) is 2.89. The highest BCUT2D eigenvalue weighted by Gasteiger charge is 2.27. The van der Waals surface area contributed by atoms with E-state index in [4.69, 9.17) is 9.47 Å². The number of hydrogen-bond donors (Lipinski definition) is 3. The monoisotopic (exact) mass is 491 g/mol. The van der Waals surface area contributed by atoms with Gasteiger partial charge in [-0.25, -0.2) is 22.7 Å². The Hall–Kier alpha value is -3.44. The van der Waals surface area contributed by atoms with Crippen molar-refractivity contribution in [2.24, 2.45) is 0 Å². The van der Waals surface area contributed by atoms with Gasteiger partial charge in [0.15, 0.2) is 6.61 Å². The summed E-state index contributed by atoms with van der Waals surface area (Å²) in [5, 5.41) is 4.57. The number of imide groups is 1. The molecule has 0 unspecified atom stereocenters. The number of amides is 3. The van der Waals surface area contributed by atoms with Gasteiger partial charge in [-0.15, -0.1) is 0 Å². The number of urea groups is 1. The molecule has 0 atom stereocenters. The average Bonchev–Trinajstić information content (AvgIpc) is 2.72. The smallest absolute Gasteiger partial charge is 0.338 e. The van der Waals surface area contributed by atoms with Gasteiger partial charge in [-0.05, 0) is 76.1 Å². The molecule has 10 nitrogen and oxygen atoms in total. The Kier molecular flexibility index (Phi) is 8.41. The molecule has 0 aromatic heterocycles. The molecule has 0 saturated carbocycles. The quantitative estimate of drug-likeness (QED) is 0.506. The fourth-order valence-electron chi connectivity index (χ4n) is 2.83. The van der Waals surface area contributed by atoms with Crippen LogP contribution >= 0.6 is 0 Å². The molecule has 34 heavy (non-hydrogen) atoms. The summed E-state index contributed by atoms with van der Waals surface area (Å²) in [5.74, 6) is -1.76. The number of benzene rings is 2. The van der Waals surface area contributed by atoms with Crippen molar-refractivity contribution in [1.82, 2.24) is 10.0 Å². The molecule has 0 spiro atoms. The number of methoxy groups -OCH3 is 1. The number of carbonyl (C=O) groups is 3. The third-order valence-electron chi connectivity index (χ3n) is 4.48. The molecule has 2 aromatic carbocycles. The molecule has 2 aromatic rings. The molecular weight excluding hydrogens is 462 g/mol. The minimum absolute atomic E-state index is 0.0362. The highest BCUT2D eigenvalue weighted by Crippen LogP contribution is 2.26. The third-order valence-corrected chi connectivity index (χ3v) is 6.26. The summed E-state index contributed by atoms with van der Waals surface area (Å²) >= 11 is 0. The van der Waals surface area contributed by atoms with Crippen molar-refractivity contribution < 1.29 is 32.3 Å². The van der Waals surface area contributed by atoms with Crippen LogP contribution in [-0.2, 0) is 19.6 Å². The Labute approximate surface area is 199 Å². The Balaban J connectivity index is 2.03. The van der Waals surface area contributed by atoms with Crippen molar-refractivity contribution in [3.8, 4) is 5.75 Å². The van der Waals surface area contributed by atoms with Crippen LogP contribution in [0.4, 0.5) is 10.5 Å². The van der Waals surface area contributed by atoms with Gasteiger partial charge in [0.25, 0.3) is 5.91 Å². The first kappa shape index (κ1) is 26.8. The van der Waals surface area contributed by atoms with Crippen LogP contribution in [0.3, 0.4) is 0 Å². The molecule has 0 aliphatic heterocycles. The van der Waals surface area contributed by atoms with E-state index < -0.39 is 40.1 Å². The van der Waals surface area contributed by atoms with Crippen molar-refractivity contribution in [3.63, 3.8) is 0 Å². The number of aryl methyl sites for hydroxylation is 2. The Morgan fingerprint density at radius 2 is 1.65 bits per heavy atom. The van der Waals surface area contributed by atoms with Crippen molar-refractivity contribution in [2.45, 2.75) is 45.1 Å². The largest absolute Gasteiger partial charge is 0.495 e. The number of anilines is 1. The molecule has 0 fully saturated rings. The van der Waals surface area contributed by atoms with E-state index in [2.05, 4.69) is 15.4 Å². The SMILES string of the molecule is COc1ccc(C(=O)OCC(=O)NC(=O)Nc2ccc(C)c(C)c2)cc1S(=O)(=O)NC(C)(C)C. The van der Waals surface area contributed by atoms with E-state index in [0.29, 0.717) is 5.69 Å². The highest BCUT2D eigenvalue weighted by molar-refractivity contribution is 7.89. The summed E-state index contributed by atoms with van der Waals surface area (Å²) in [4.78, 5) is 36.2. The fraction of sp³-hybridized carbons (Fsp3) is 0.348. The van der Waals surface area contributed by atoms with Crippen molar-refractivity contribution >= 4 is 33.6 Å². The van der Waals surface area contributed by atoms with Gasteiger partial charge >= 0.3 is 12.0 Å². The Bertz CT molecular complexity index is 1200. The van der Waals surface area contributed by atoms with Crippen LogP contribution in [0.5, 0.6) is 5.75 Å². The second-order valence-electron chi connectivity index (χ2n) is 8.60. The molecular formula is C23H29N3O7S. The van der Waals surface area contributed by atoms with Crippen LogP contribution in [0.2, 0.25) is 0 Å². The Morgan fingerprint density at radius 1 is 0.971 bits per heavy atom. The van der Waals surface area contributed by atoms with E-state index >= 15 is 0 Å². The maximum absolute atomic E-state index is 12.7. The zero-order valence-corrected chi connectivity index (χ0v) is 20.8. The standard InChI is InChI=1S/C23H29N3O7S/c1-14-7-9-17(11-15(14)2)24-22(29)25-20(27)13-33-21(28)16-8-10-18(32-6)19(12-16)34(30,31)26-23(3,4)5/h7-12,26H,13H2,1-6H3,(H2,24,25,27,29). The Morgan fingerprint density at radius 3 is 2.24 bits per heavy atom. The summed E-state index contributed by atoms with van der Waals surface area (Å²) < 4.78 is 38.0. The summed E-state index contributed by atoms with van der Waals surface area (Å²) in [6, 6.07) is 8.20. The maximum atomic E-state index is 12.7. The van der Waals surface area contributed by atoms with Crippen LogP contribution in [0.25, 0.3) is 0 Å². The minimum Gasteiger partial charge on any atom is -0.495 e. The number of nitrogens with one attached hydrogen (secondary N) is 3. The first-order chi connectivity index (χ1) is 15.7. The van der Waals surface area contributed by atoms with E-state index in [9.17, 15) is 22.8 Å². The van der Waals surface area contributed by atoms with Crippen molar-refractivity contribution in [1.29, 1.82) is 0 Å². The number of ether oxygens (including phenoxy) is 2. The summed E-state index contributed by atoms with van der Waals surface area (Å²) in [5.41, 5.74) is 1.65. The van der Waals surface area contributed by atoms with E-state index in [1.807, 2.05) is 19.9 Å². The molecule has 0 bridgehead atoms. The van der Waals surface area contributed by atoms with E-state index in [1.54, 1.807) is 32.9 Å². The molecule has 0 aliphatic carbocycles. The highest BCUT2D eigenvalue weighted by atomic mass is 32.2. The molecule has 11 heteroatoms.